The molecule has 158 valence electrons. The molecule has 1 aromatic carbocycles. The van der Waals surface area contributed by atoms with Gasteiger partial charge in [0, 0.05) is 68.7 Å². The van der Waals surface area contributed by atoms with Crippen molar-refractivity contribution in [2.24, 2.45) is 7.05 Å². The smallest absolute Gasteiger partial charge is 0.275 e. The summed E-state index contributed by atoms with van der Waals surface area (Å²) in [6.45, 7) is 5.42. The van der Waals surface area contributed by atoms with Gasteiger partial charge in [0.1, 0.15) is 5.69 Å². The van der Waals surface area contributed by atoms with Crippen LogP contribution in [0.2, 0.25) is 0 Å². The van der Waals surface area contributed by atoms with Crippen molar-refractivity contribution in [2.45, 2.75) is 6.54 Å². The van der Waals surface area contributed by atoms with E-state index in [1.807, 2.05) is 12.1 Å². The van der Waals surface area contributed by atoms with Gasteiger partial charge in [0.25, 0.3) is 5.56 Å². The van der Waals surface area contributed by atoms with Crippen LogP contribution in [0, 0.1) is 0 Å². The fourth-order valence-electron chi connectivity index (χ4n) is 4.11. The Morgan fingerprint density at radius 3 is 2.35 bits per heavy atom. The third-order valence-electron chi connectivity index (χ3n) is 5.98. The van der Waals surface area contributed by atoms with Crippen LogP contribution in [0.25, 0.3) is 32.5 Å². The Balaban J connectivity index is 1.49. The average molecular weight is 432 g/mol. The predicted molar refractivity (Wildman–Crippen MR) is 126 cm³/mol. The highest BCUT2D eigenvalue weighted by molar-refractivity contribution is 7.18. The quantitative estimate of drug-likeness (QED) is 0.495. The Kier molecular flexibility index (Phi) is 5.40. The Hall–Kier alpha value is -2.87. The van der Waals surface area contributed by atoms with Gasteiger partial charge in [0.2, 0.25) is 0 Å². The highest BCUT2D eigenvalue weighted by Gasteiger charge is 2.18. The monoisotopic (exact) mass is 431 g/mol. The van der Waals surface area contributed by atoms with Gasteiger partial charge in [-0.2, -0.15) is 5.10 Å². The molecule has 0 bridgehead atoms. The molecule has 0 atom stereocenters. The van der Waals surface area contributed by atoms with Crippen molar-refractivity contribution in [1.82, 2.24) is 24.6 Å². The largest absolute Gasteiger partial charge is 0.304 e. The second kappa shape index (κ2) is 8.34. The highest BCUT2D eigenvalue weighted by atomic mass is 32.1. The van der Waals surface area contributed by atoms with Crippen LogP contribution in [0.4, 0.5) is 0 Å². The number of aryl methyl sites for hydroxylation is 1. The zero-order chi connectivity index (χ0) is 21.4. The number of piperazine rings is 1. The number of pyridine rings is 1. The molecule has 1 saturated heterocycles. The fourth-order valence-corrected chi connectivity index (χ4v) is 5.19. The highest BCUT2D eigenvalue weighted by Crippen LogP contribution is 2.36. The molecule has 0 amide bonds. The van der Waals surface area contributed by atoms with Gasteiger partial charge < -0.3 is 4.90 Å². The van der Waals surface area contributed by atoms with E-state index in [-0.39, 0.29) is 5.56 Å². The van der Waals surface area contributed by atoms with Gasteiger partial charge in [0.05, 0.1) is 10.1 Å². The second-order valence-corrected chi connectivity index (χ2v) is 9.02. The molecule has 1 fully saturated rings. The normalized spacial score (nSPS) is 15.5. The maximum absolute atomic E-state index is 13.0. The van der Waals surface area contributed by atoms with Gasteiger partial charge in [-0.3, -0.25) is 14.7 Å². The van der Waals surface area contributed by atoms with E-state index >= 15 is 0 Å². The van der Waals surface area contributed by atoms with E-state index in [4.69, 9.17) is 0 Å². The first-order valence-electron chi connectivity index (χ1n) is 10.5. The molecule has 0 saturated carbocycles. The van der Waals surface area contributed by atoms with Gasteiger partial charge in [-0.15, -0.1) is 11.3 Å². The van der Waals surface area contributed by atoms with Gasteiger partial charge in [-0.05, 0) is 30.3 Å². The molecular formula is C24H25N5OS. The molecule has 1 aliphatic heterocycles. The van der Waals surface area contributed by atoms with E-state index in [9.17, 15) is 4.79 Å². The van der Waals surface area contributed by atoms with Crippen LogP contribution in [-0.2, 0) is 13.6 Å². The first-order chi connectivity index (χ1) is 15.1. The molecule has 7 heteroatoms. The lowest BCUT2D eigenvalue weighted by Crippen LogP contribution is -2.43. The predicted octanol–water partition coefficient (Wildman–Crippen LogP) is 3.47. The lowest BCUT2D eigenvalue weighted by atomic mass is 10.0. The van der Waals surface area contributed by atoms with E-state index in [0.717, 1.165) is 65.2 Å². The van der Waals surface area contributed by atoms with Gasteiger partial charge in [-0.1, -0.05) is 24.3 Å². The Morgan fingerprint density at radius 2 is 1.65 bits per heavy atom. The molecule has 0 radical (unpaired) electrons. The molecule has 4 heterocycles. The Labute approximate surface area is 185 Å². The van der Waals surface area contributed by atoms with Crippen LogP contribution in [0.3, 0.4) is 0 Å². The van der Waals surface area contributed by atoms with Gasteiger partial charge in [-0.25, -0.2) is 4.68 Å². The molecule has 6 nitrogen and oxygen atoms in total. The van der Waals surface area contributed by atoms with Crippen molar-refractivity contribution in [2.75, 3.05) is 33.2 Å². The van der Waals surface area contributed by atoms with E-state index in [2.05, 4.69) is 56.6 Å². The maximum Gasteiger partial charge on any atom is 0.275 e. The molecule has 31 heavy (non-hydrogen) atoms. The van der Waals surface area contributed by atoms with Crippen molar-refractivity contribution < 1.29 is 0 Å². The summed E-state index contributed by atoms with van der Waals surface area (Å²) in [5, 5.41) is 7.35. The van der Waals surface area contributed by atoms with Crippen LogP contribution in [0.1, 0.15) is 5.56 Å². The summed E-state index contributed by atoms with van der Waals surface area (Å²) in [6, 6.07) is 12.5. The second-order valence-electron chi connectivity index (χ2n) is 8.14. The van der Waals surface area contributed by atoms with Gasteiger partial charge >= 0.3 is 0 Å². The summed E-state index contributed by atoms with van der Waals surface area (Å²) in [5.74, 6) is 0. The summed E-state index contributed by atoms with van der Waals surface area (Å²) in [5.41, 5.74) is 5.07. The first-order valence-corrected chi connectivity index (χ1v) is 11.4. The Morgan fingerprint density at radius 1 is 0.935 bits per heavy atom. The number of rotatable bonds is 4. The molecule has 0 spiro atoms. The van der Waals surface area contributed by atoms with Crippen LogP contribution in [0.5, 0.6) is 0 Å². The summed E-state index contributed by atoms with van der Waals surface area (Å²) in [4.78, 5) is 22.0. The summed E-state index contributed by atoms with van der Waals surface area (Å²) in [7, 11) is 3.89. The molecule has 4 aromatic rings. The molecule has 0 N–H and O–H groups in total. The van der Waals surface area contributed by atoms with Crippen LogP contribution < -0.4 is 5.56 Å². The minimum Gasteiger partial charge on any atom is -0.304 e. The third-order valence-corrected chi connectivity index (χ3v) is 6.97. The van der Waals surface area contributed by atoms with E-state index in [1.54, 1.807) is 30.8 Å². The van der Waals surface area contributed by atoms with Crippen LogP contribution in [0.15, 0.2) is 59.0 Å². The van der Waals surface area contributed by atoms with Crippen molar-refractivity contribution in [3.05, 3.63) is 70.1 Å². The van der Waals surface area contributed by atoms with E-state index < -0.39 is 0 Å². The number of benzene rings is 1. The standard InChI is InChI=1S/C24H25N5OS/c1-27-11-13-29(14-12-27)15-17-3-5-18(6-4-17)20-16-31-23-21(20)24(30)28(2)26-22(23)19-7-9-25-10-8-19/h3-10,16H,11-15H2,1-2H3. The minimum atomic E-state index is -0.0643. The van der Waals surface area contributed by atoms with E-state index in [1.165, 1.54) is 10.2 Å². The topological polar surface area (TPSA) is 54.3 Å². The van der Waals surface area contributed by atoms with Gasteiger partial charge in [0.15, 0.2) is 0 Å². The summed E-state index contributed by atoms with van der Waals surface area (Å²) >= 11 is 1.58. The van der Waals surface area contributed by atoms with Crippen molar-refractivity contribution in [3.63, 3.8) is 0 Å². The van der Waals surface area contributed by atoms with Crippen molar-refractivity contribution in [3.8, 4) is 22.4 Å². The number of hydrogen-bond acceptors (Lipinski definition) is 6. The lowest BCUT2D eigenvalue weighted by molar-refractivity contribution is 0.148. The van der Waals surface area contributed by atoms with Crippen LogP contribution in [-0.4, -0.2) is 57.8 Å². The number of thiophene rings is 1. The minimum absolute atomic E-state index is 0.0643. The number of hydrogen-bond donors (Lipinski definition) is 0. The van der Waals surface area contributed by atoms with Crippen molar-refractivity contribution in [1.29, 1.82) is 0 Å². The first kappa shape index (κ1) is 20.1. The number of nitrogens with zero attached hydrogens (tertiary/aromatic N) is 5. The number of fused-ring (bicyclic) bond motifs is 1. The molecule has 1 aliphatic rings. The molecule has 0 unspecified atom stereocenters. The number of likely N-dealkylation sites (N-methyl/N-ethyl adjacent to an activating group) is 1. The average Bonchev–Trinajstić information content (AvgIpc) is 3.24. The zero-order valence-electron chi connectivity index (χ0n) is 17.8. The summed E-state index contributed by atoms with van der Waals surface area (Å²) in [6.07, 6.45) is 3.50. The molecular weight excluding hydrogens is 406 g/mol. The lowest BCUT2D eigenvalue weighted by Gasteiger charge is -2.32. The fraction of sp³-hybridized carbons (Fsp3) is 0.292. The van der Waals surface area contributed by atoms with Crippen molar-refractivity contribution >= 4 is 21.4 Å². The van der Waals surface area contributed by atoms with Crippen LogP contribution >= 0.6 is 11.3 Å². The molecule has 0 aliphatic carbocycles. The molecule has 3 aromatic heterocycles. The van der Waals surface area contributed by atoms with E-state index in [0.29, 0.717) is 0 Å². The SMILES string of the molecule is CN1CCN(Cc2ccc(-c3csc4c(-c5ccncc5)nn(C)c(=O)c34)cc2)CC1. The third kappa shape index (κ3) is 3.92. The summed E-state index contributed by atoms with van der Waals surface area (Å²) < 4.78 is 2.36. The zero-order valence-corrected chi connectivity index (χ0v) is 18.6. The Bertz CT molecular complexity index is 1260. The number of aromatic nitrogens is 3. The molecule has 5 rings (SSSR count). The maximum atomic E-state index is 13.0.